The molecule has 0 unspecified atom stereocenters. The fourth-order valence-electron chi connectivity index (χ4n) is 2.63. The van der Waals surface area contributed by atoms with Crippen LogP contribution in [-0.2, 0) is 6.42 Å². The van der Waals surface area contributed by atoms with Gasteiger partial charge in [0, 0.05) is 12.2 Å². The van der Waals surface area contributed by atoms with Gasteiger partial charge in [0.25, 0.3) is 5.91 Å². The van der Waals surface area contributed by atoms with E-state index < -0.39 is 11.7 Å². The number of hydrogen-bond donors (Lipinski definition) is 2. The number of nitrogen functional groups attached to an aromatic ring is 1. The smallest absolute Gasteiger partial charge is 0.254 e. The summed E-state index contributed by atoms with van der Waals surface area (Å²) in [6.07, 6.45) is 0.678. The number of rotatable bonds is 4. The van der Waals surface area contributed by atoms with Gasteiger partial charge in [-0.05, 0) is 41.0 Å². The topological polar surface area (TPSA) is 55.1 Å². The van der Waals surface area contributed by atoms with Crippen molar-refractivity contribution in [3.05, 3.63) is 77.6 Å². The minimum absolute atomic E-state index is 0.0251. The van der Waals surface area contributed by atoms with Crippen LogP contribution in [0.15, 0.2) is 60.7 Å². The highest BCUT2D eigenvalue weighted by molar-refractivity contribution is 5.95. The van der Waals surface area contributed by atoms with Crippen molar-refractivity contribution < 1.29 is 9.18 Å². The SMILES string of the molecule is Nc1ccc(F)c(C(=O)NCCc2cccc3ccccc23)c1. The number of halogens is 1. The van der Waals surface area contributed by atoms with Gasteiger partial charge in [-0.3, -0.25) is 4.79 Å². The van der Waals surface area contributed by atoms with Crippen LogP contribution in [0.3, 0.4) is 0 Å². The quantitative estimate of drug-likeness (QED) is 0.724. The summed E-state index contributed by atoms with van der Waals surface area (Å²) in [7, 11) is 0. The average molecular weight is 308 g/mol. The van der Waals surface area contributed by atoms with Gasteiger partial charge in [0.2, 0.25) is 0 Å². The maximum Gasteiger partial charge on any atom is 0.254 e. The minimum Gasteiger partial charge on any atom is -0.399 e. The van der Waals surface area contributed by atoms with E-state index in [9.17, 15) is 9.18 Å². The number of fused-ring (bicyclic) bond motifs is 1. The Balaban J connectivity index is 1.69. The minimum atomic E-state index is -0.568. The molecular formula is C19H17FN2O. The van der Waals surface area contributed by atoms with Crippen molar-refractivity contribution in [1.82, 2.24) is 5.32 Å². The molecule has 0 saturated heterocycles. The zero-order chi connectivity index (χ0) is 16.2. The molecule has 0 fully saturated rings. The monoisotopic (exact) mass is 308 g/mol. The van der Waals surface area contributed by atoms with Gasteiger partial charge in [-0.1, -0.05) is 42.5 Å². The van der Waals surface area contributed by atoms with Gasteiger partial charge < -0.3 is 11.1 Å². The molecule has 0 atom stereocenters. The highest BCUT2D eigenvalue weighted by Gasteiger charge is 2.11. The van der Waals surface area contributed by atoms with E-state index in [-0.39, 0.29) is 5.56 Å². The molecule has 3 aromatic carbocycles. The number of amides is 1. The van der Waals surface area contributed by atoms with E-state index in [1.807, 2.05) is 24.3 Å². The van der Waals surface area contributed by atoms with Crippen LogP contribution in [-0.4, -0.2) is 12.5 Å². The van der Waals surface area contributed by atoms with Gasteiger partial charge in [0.1, 0.15) is 5.82 Å². The summed E-state index contributed by atoms with van der Waals surface area (Å²) < 4.78 is 13.7. The average Bonchev–Trinajstić information content (AvgIpc) is 2.57. The molecule has 0 aliphatic heterocycles. The fraction of sp³-hybridized carbons (Fsp3) is 0.105. The molecule has 116 valence electrons. The van der Waals surface area contributed by atoms with Crippen LogP contribution in [0.2, 0.25) is 0 Å². The van der Waals surface area contributed by atoms with Crippen molar-refractivity contribution >= 4 is 22.4 Å². The molecule has 0 spiro atoms. The van der Waals surface area contributed by atoms with Crippen LogP contribution in [0.25, 0.3) is 10.8 Å². The Morgan fingerprint density at radius 3 is 2.70 bits per heavy atom. The molecule has 0 heterocycles. The van der Waals surface area contributed by atoms with Crippen molar-refractivity contribution in [2.45, 2.75) is 6.42 Å². The van der Waals surface area contributed by atoms with E-state index in [2.05, 4.69) is 23.5 Å². The first-order chi connectivity index (χ1) is 11.1. The largest absolute Gasteiger partial charge is 0.399 e. The van der Waals surface area contributed by atoms with E-state index in [0.717, 1.165) is 5.56 Å². The zero-order valence-corrected chi connectivity index (χ0v) is 12.6. The Kier molecular flexibility index (Phi) is 4.24. The number of carbonyl (C=O) groups is 1. The van der Waals surface area contributed by atoms with E-state index in [1.54, 1.807) is 0 Å². The second-order valence-electron chi connectivity index (χ2n) is 5.38. The molecule has 3 rings (SSSR count). The van der Waals surface area contributed by atoms with Crippen molar-refractivity contribution in [3.8, 4) is 0 Å². The molecule has 0 bridgehead atoms. The van der Waals surface area contributed by atoms with Crippen LogP contribution in [0.4, 0.5) is 10.1 Å². The summed E-state index contributed by atoms with van der Waals surface area (Å²) in [5.74, 6) is -1.02. The van der Waals surface area contributed by atoms with Crippen molar-refractivity contribution in [3.63, 3.8) is 0 Å². The lowest BCUT2D eigenvalue weighted by molar-refractivity contribution is 0.0950. The first-order valence-electron chi connectivity index (χ1n) is 7.45. The van der Waals surface area contributed by atoms with Crippen LogP contribution >= 0.6 is 0 Å². The van der Waals surface area contributed by atoms with Crippen LogP contribution in [0.5, 0.6) is 0 Å². The first kappa shape index (κ1) is 15.0. The molecule has 0 saturated carbocycles. The van der Waals surface area contributed by atoms with Crippen LogP contribution in [0.1, 0.15) is 15.9 Å². The zero-order valence-electron chi connectivity index (χ0n) is 12.6. The lowest BCUT2D eigenvalue weighted by atomic mass is 10.0. The van der Waals surface area contributed by atoms with Crippen LogP contribution < -0.4 is 11.1 Å². The maximum atomic E-state index is 13.7. The van der Waals surface area contributed by atoms with E-state index >= 15 is 0 Å². The third-order valence-electron chi connectivity index (χ3n) is 3.79. The van der Waals surface area contributed by atoms with E-state index in [1.165, 1.54) is 29.0 Å². The second-order valence-corrected chi connectivity index (χ2v) is 5.38. The number of anilines is 1. The van der Waals surface area contributed by atoms with Gasteiger partial charge in [-0.2, -0.15) is 0 Å². The van der Waals surface area contributed by atoms with Gasteiger partial charge in [-0.15, -0.1) is 0 Å². The number of benzene rings is 3. The van der Waals surface area contributed by atoms with E-state index in [0.29, 0.717) is 18.7 Å². The molecule has 4 heteroatoms. The predicted molar refractivity (Wildman–Crippen MR) is 90.8 cm³/mol. The third-order valence-corrected chi connectivity index (χ3v) is 3.79. The summed E-state index contributed by atoms with van der Waals surface area (Å²) in [6.45, 7) is 0.432. The Morgan fingerprint density at radius 2 is 1.83 bits per heavy atom. The van der Waals surface area contributed by atoms with Crippen LogP contribution in [0, 0.1) is 5.82 Å². The molecule has 0 aromatic heterocycles. The lowest BCUT2D eigenvalue weighted by Crippen LogP contribution is -2.26. The first-order valence-corrected chi connectivity index (χ1v) is 7.45. The molecule has 23 heavy (non-hydrogen) atoms. The number of carbonyl (C=O) groups excluding carboxylic acids is 1. The number of hydrogen-bond acceptors (Lipinski definition) is 2. The highest BCUT2D eigenvalue weighted by atomic mass is 19.1. The summed E-state index contributed by atoms with van der Waals surface area (Å²) in [6, 6.07) is 18.2. The van der Waals surface area contributed by atoms with Crippen molar-refractivity contribution in [2.24, 2.45) is 0 Å². The molecule has 3 aromatic rings. The highest BCUT2D eigenvalue weighted by Crippen LogP contribution is 2.18. The van der Waals surface area contributed by atoms with Crippen molar-refractivity contribution in [2.75, 3.05) is 12.3 Å². The molecule has 0 aliphatic rings. The predicted octanol–water partition coefficient (Wildman–Crippen LogP) is 3.53. The lowest BCUT2D eigenvalue weighted by Gasteiger charge is -2.09. The fourth-order valence-corrected chi connectivity index (χ4v) is 2.63. The number of nitrogens with two attached hydrogens (primary N) is 1. The van der Waals surface area contributed by atoms with Gasteiger partial charge >= 0.3 is 0 Å². The molecule has 3 nitrogen and oxygen atoms in total. The van der Waals surface area contributed by atoms with Crippen molar-refractivity contribution in [1.29, 1.82) is 0 Å². The summed E-state index contributed by atoms with van der Waals surface area (Å²) in [5.41, 5.74) is 7.09. The molecular weight excluding hydrogens is 291 g/mol. The number of nitrogens with one attached hydrogen (secondary N) is 1. The second kappa shape index (κ2) is 6.48. The maximum absolute atomic E-state index is 13.7. The molecule has 0 radical (unpaired) electrons. The molecule has 0 aliphatic carbocycles. The Hall–Kier alpha value is -2.88. The standard InChI is InChI=1S/C19H17FN2O/c20-18-9-8-15(21)12-17(18)19(23)22-11-10-14-6-3-5-13-4-1-2-7-16(13)14/h1-9,12H,10-11,21H2,(H,22,23). The Labute approximate surface area is 133 Å². The Bertz CT molecular complexity index is 856. The van der Waals surface area contributed by atoms with Gasteiger partial charge in [0.15, 0.2) is 0 Å². The molecule has 3 N–H and O–H groups in total. The Morgan fingerprint density at radius 1 is 1.04 bits per heavy atom. The van der Waals surface area contributed by atoms with E-state index in [4.69, 9.17) is 5.73 Å². The normalized spacial score (nSPS) is 10.7. The molecule has 1 amide bonds. The summed E-state index contributed by atoms with van der Waals surface area (Å²) in [4.78, 5) is 12.1. The third kappa shape index (κ3) is 3.31. The van der Waals surface area contributed by atoms with Gasteiger partial charge in [0.05, 0.1) is 5.56 Å². The summed E-state index contributed by atoms with van der Waals surface area (Å²) in [5, 5.41) is 5.08. The summed E-state index contributed by atoms with van der Waals surface area (Å²) >= 11 is 0. The van der Waals surface area contributed by atoms with Gasteiger partial charge in [-0.25, -0.2) is 4.39 Å².